The topological polar surface area (TPSA) is 56.5 Å². The van der Waals surface area contributed by atoms with Crippen molar-refractivity contribution in [2.75, 3.05) is 0 Å². The fourth-order valence-corrected chi connectivity index (χ4v) is 5.25. The van der Waals surface area contributed by atoms with E-state index in [1.54, 1.807) is 18.1 Å². The second-order valence-corrected chi connectivity index (χ2v) is 7.94. The van der Waals surface area contributed by atoms with E-state index in [4.69, 9.17) is 0 Å². The largest absolute Gasteiger partial charge is 0.309 e. The molecule has 1 aliphatic carbocycles. The highest BCUT2D eigenvalue weighted by Crippen LogP contribution is 2.41. The fraction of sp³-hybridized carbons (Fsp3) is 0.467. The number of hydrogen-bond donors (Lipinski definition) is 0. The Hall–Kier alpha value is -1.47. The molecule has 3 heterocycles. The van der Waals surface area contributed by atoms with E-state index in [1.165, 1.54) is 28.7 Å². The van der Waals surface area contributed by atoms with E-state index < -0.39 is 0 Å². The Bertz CT molecular complexity index is 851. The molecule has 0 aliphatic heterocycles. The van der Waals surface area contributed by atoms with Crippen LogP contribution in [0.2, 0.25) is 0 Å². The van der Waals surface area contributed by atoms with Crippen molar-refractivity contribution in [3.8, 4) is 0 Å². The number of hydrogen-bond acceptors (Lipinski definition) is 6. The number of aromatic nitrogens is 5. The van der Waals surface area contributed by atoms with E-state index in [0.717, 1.165) is 33.2 Å². The van der Waals surface area contributed by atoms with Crippen LogP contribution in [-0.2, 0) is 19.9 Å². The first-order valence-electron chi connectivity index (χ1n) is 7.42. The molecule has 0 saturated heterocycles. The van der Waals surface area contributed by atoms with Crippen molar-refractivity contribution >= 4 is 33.3 Å². The lowest BCUT2D eigenvalue weighted by molar-refractivity contribution is 0.509. The van der Waals surface area contributed by atoms with Crippen LogP contribution in [0.15, 0.2) is 16.5 Å². The lowest BCUT2D eigenvalue weighted by Crippen LogP contribution is -2.08. The molecule has 0 spiro atoms. The van der Waals surface area contributed by atoms with Gasteiger partial charge in [0.15, 0.2) is 5.16 Å². The van der Waals surface area contributed by atoms with Gasteiger partial charge in [-0.1, -0.05) is 6.92 Å². The molecule has 0 radical (unpaired) electrons. The molecule has 5 nitrogen and oxygen atoms in total. The summed E-state index contributed by atoms with van der Waals surface area (Å²) in [4.78, 5) is 11.6. The standard InChI is InChI=1S/C15H17N5S2/c1-8-4-5-10-11(6-8)21-13-12(10)14(17-7-16-13)22-15-19-18-9(2)20(15)3/h7-8H,4-6H2,1-3H3/t8-/m1/s1. The normalized spacial score (nSPS) is 17.9. The molecule has 4 rings (SSSR count). The third-order valence-corrected chi connectivity index (χ3v) is 6.50. The molecule has 114 valence electrons. The smallest absolute Gasteiger partial charge is 0.197 e. The van der Waals surface area contributed by atoms with Gasteiger partial charge < -0.3 is 4.57 Å². The lowest BCUT2D eigenvalue weighted by atomic mass is 9.89. The third-order valence-electron chi connectivity index (χ3n) is 4.30. The summed E-state index contributed by atoms with van der Waals surface area (Å²) in [6, 6.07) is 0. The van der Waals surface area contributed by atoms with Crippen LogP contribution in [0.25, 0.3) is 10.2 Å². The molecule has 0 saturated carbocycles. The molecule has 0 N–H and O–H groups in total. The van der Waals surface area contributed by atoms with Crippen LogP contribution >= 0.6 is 23.1 Å². The Kier molecular flexibility index (Phi) is 3.41. The van der Waals surface area contributed by atoms with E-state index in [2.05, 4.69) is 27.1 Å². The molecule has 0 amide bonds. The van der Waals surface area contributed by atoms with Crippen LogP contribution in [0.4, 0.5) is 0 Å². The van der Waals surface area contributed by atoms with Crippen LogP contribution < -0.4 is 0 Å². The molecule has 22 heavy (non-hydrogen) atoms. The summed E-state index contributed by atoms with van der Waals surface area (Å²) in [6.45, 7) is 4.29. The van der Waals surface area contributed by atoms with Crippen molar-refractivity contribution < 1.29 is 0 Å². The van der Waals surface area contributed by atoms with Crippen molar-refractivity contribution in [1.82, 2.24) is 24.7 Å². The summed E-state index contributed by atoms with van der Waals surface area (Å²) in [5, 5.41) is 11.5. The van der Waals surface area contributed by atoms with E-state index in [1.807, 2.05) is 29.9 Å². The van der Waals surface area contributed by atoms with Crippen molar-refractivity contribution in [2.24, 2.45) is 13.0 Å². The average molecular weight is 331 g/mol. The van der Waals surface area contributed by atoms with Crippen LogP contribution in [0.5, 0.6) is 0 Å². The molecule has 0 bridgehead atoms. The van der Waals surface area contributed by atoms with Crippen molar-refractivity contribution in [1.29, 1.82) is 0 Å². The predicted octanol–water partition coefficient (Wildman–Crippen LogP) is 3.40. The van der Waals surface area contributed by atoms with Crippen molar-refractivity contribution in [3.05, 3.63) is 22.6 Å². The average Bonchev–Trinajstić information content (AvgIpc) is 3.02. The molecule has 0 unspecified atom stereocenters. The van der Waals surface area contributed by atoms with Gasteiger partial charge in [0.2, 0.25) is 0 Å². The van der Waals surface area contributed by atoms with Gasteiger partial charge in [0.1, 0.15) is 22.0 Å². The van der Waals surface area contributed by atoms with Gasteiger partial charge in [0.25, 0.3) is 0 Å². The summed E-state index contributed by atoms with van der Waals surface area (Å²) < 4.78 is 2.00. The monoisotopic (exact) mass is 331 g/mol. The van der Waals surface area contributed by atoms with Gasteiger partial charge in [-0.25, -0.2) is 9.97 Å². The highest BCUT2D eigenvalue weighted by atomic mass is 32.2. The SMILES string of the molecule is Cc1nnc(Sc2ncnc3sc4c(c23)CC[C@@H](C)C4)n1C. The Balaban J connectivity index is 1.83. The summed E-state index contributed by atoms with van der Waals surface area (Å²) in [7, 11) is 1.99. The van der Waals surface area contributed by atoms with E-state index >= 15 is 0 Å². The lowest BCUT2D eigenvalue weighted by Gasteiger charge is -2.18. The maximum atomic E-state index is 4.53. The summed E-state index contributed by atoms with van der Waals surface area (Å²) in [6.07, 6.45) is 5.22. The molecule has 3 aromatic heterocycles. The van der Waals surface area contributed by atoms with Gasteiger partial charge in [0.05, 0.1) is 0 Å². The number of nitrogens with zero attached hydrogens (tertiary/aromatic N) is 5. The van der Waals surface area contributed by atoms with E-state index in [9.17, 15) is 0 Å². The second kappa shape index (κ2) is 5.31. The zero-order valence-electron chi connectivity index (χ0n) is 12.8. The van der Waals surface area contributed by atoms with Crippen LogP contribution in [0.1, 0.15) is 29.6 Å². The molecule has 3 aromatic rings. The molecular weight excluding hydrogens is 314 g/mol. The molecule has 0 aromatic carbocycles. The minimum atomic E-state index is 0.769. The van der Waals surface area contributed by atoms with Crippen LogP contribution in [0, 0.1) is 12.8 Å². The van der Waals surface area contributed by atoms with Gasteiger partial charge in [0, 0.05) is 17.3 Å². The predicted molar refractivity (Wildman–Crippen MR) is 88.5 cm³/mol. The Labute approximate surface area is 137 Å². The molecule has 0 fully saturated rings. The maximum Gasteiger partial charge on any atom is 0.197 e. The first kappa shape index (κ1) is 14.1. The fourth-order valence-electron chi connectivity index (χ4n) is 2.89. The highest BCUT2D eigenvalue weighted by Gasteiger charge is 2.24. The number of rotatable bonds is 2. The van der Waals surface area contributed by atoms with Gasteiger partial charge in [-0.05, 0) is 49.4 Å². The maximum absolute atomic E-state index is 4.53. The number of fused-ring (bicyclic) bond motifs is 3. The van der Waals surface area contributed by atoms with Gasteiger partial charge in [-0.15, -0.1) is 21.5 Å². The first-order valence-corrected chi connectivity index (χ1v) is 9.06. The quantitative estimate of drug-likeness (QED) is 0.674. The number of aryl methyl sites for hydroxylation is 2. The van der Waals surface area contributed by atoms with E-state index in [0.29, 0.717) is 0 Å². The first-order chi connectivity index (χ1) is 10.6. The molecular formula is C15H17N5S2. The van der Waals surface area contributed by atoms with Crippen molar-refractivity contribution in [3.63, 3.8) is 0 Å². The van der Waals surface area contributed by atoms with Gasteiger partial charge in [-0.3, -0.25) is 0 Å². The second-order valence-electron chi connectivity index (χ2n) is 5.90. The highest BCUT2D eigenvalue weighted by molar-refractivity contribution is 7.99. The zero-order chi connectivity index (χ0) is 15.3. The zero-order valence-corrected chi connectivity index (χ0v) is 14.5. The minimum Gasteiger partial charge on any atom is -0.309 e. The van der Waals surface area contributed by atoms with Crippen molar-refractivity contribution in [2.45, 2.75) is 43.3 Å². The molecule has 7 heteroatoms. The Morgan fingerprint density at radius 1 is 1.32 bits per heavy atom. The summed E-state index contributed by atoms with van der Waals surface area (Å²) in [5.74, 6) is 1.68. The Morgan fingerprint density at radius 2 is 2.18 bits per heavy atom. The molecule has 1 aliphatic rings. The van der Waals surface area contributed by atoms with E-state index in [-0.39, 0.29) is 0 Å². The summed E-state index contributed by atoms with van der Waals surface area (Å²) >= 11 is 3.42. The van der Waals surface area contributed by atoms with Gasteiger partial charge in [-0.2, -0.15) is 0 Å². The number of thiophene rings is 1. The van der Waals surface area contributed by atoms with Crippen LogP contribution in [0.3, 0.4) is 0 Å². The van der Waals surface area contributed by atoms with Gasteiger partial charge >= 0.3 is 0 Å². The Morgan fingerprint density at radius 3 is 2.95 bits per heavy atom. The summed E-state index contributed by atoms with van der Waals surface area (Å²) in [5.41, 5.74) is 1.46. The molecule has 1 atom stereocenters. The van der Waals surface area contributed by atoms with Crippen LogP contribution in [-0.4, -0.2) is 24.7 Å². The third kappa shape index (κ3) is 2.23. The minimum absolute atomic E-state index is 0.769.